The summed E-state index contributed by atoms with van der Waals surface area (Å²) in [7, 11) is 3.02. The van der Waals surface area contributed by atoms with Crippen LogP contribution in [0.25, 0.3) is 12.2 Å². The summed E-state index contributed by atoms with van der Waals surface area (Å²) in [6.07, 6.45) is 8.98. The maximum Gasteiger partial charge on any atom is 0.437 e. The van der Waals surface area contributed by atoms with Gasteiger partial charge in [-0.05, 0) is 36.6 Å². The zero-order chi connectivity index (χ0) is 22.4. The Labute approximate surface area is 185 Å². The molecule has 0 saturated heterocycles. The van der Waals surface area contributed by atoms with Crippen LogP contribution in [0, 0.1) is 0 Å². The SMILES string of the molecule is C=CCN(C(=O)Cn1nc(C=Cc2ccc(OC)c(OC)c2Cl)oc1=O)C1CCCC1. The van der Waals surface area contributed by atoms with E-state index < -0.39 is 5.76 Å². The number of methoxy groups -OCH3 is 2. The molecular formula is C22H26ClN3O5. The van der Waals surface area contributed by atoms with Gasteiger partial charge in [0, 0.05) is 18.7 Å². The van der Waals surface area contributed by atoms with Crippen LogP contribution in [-0.2, 0) is 11.3 Å². The lowest BCUT2D eigenvalue weighted by molar-refractivity contribution is -0.133. The number of hydrogen-bond donors (Lipinski definition) is 0. The second-order valence-corrected chi connectivity index (χ2v) is 7.55. The lowest BCUT2D eigenvalue weighted by Gasteiger charge is -2.27. The Balaban J connectivity index is 1.76. The Bertz CT molecular complexity index is 1020. The molecule has 0 N–H and O–H groups in total. The predicted octanol–water partition coefficient (Wildman–Crippen LogP) is 3.63. The smallest absolute Gasteiger partial charge is 0.437 e. The van der Waals surface area contributed by atoms with E-state index >= 15 is 0 Å². The molecule has 1 fully saturated rings. The number of hydrogen-bond acceptors (Lipinski definition) is 6. The average Bonchev–Trinajstić information content (AvgIpc) is 3.41. The normalized spacial score (nSPS) is 14.2. The molecule has 1 aliphatic carbocycles. The van der Waals surface area contributed by atoms with Crippen LogP contribution in [0.5, 0.6) is 11.5 Å². The summed E-state index contributed by atoms with van der Waals surface area (Å²) in [5.74, 6) is 0.0975. The van der Waals surface area contributed by atoms with E-state index in [1.165, 1.54) is 20.3 Å². The van der Waals surface area contributed by atoms with Crippen LogP contribution in [-0.4, -0.2) is 47.4 Å². The third-order valence-corrected chi connectivity index (χ3v) is 5.63. The standard InChI is InChI=1S/C22H26ClN3O5/c1-4-13-25(16-7-5-6-8-16)19(27)14-26-22(28)31-18(24-26)12-10-15-9-11-17(29-2)21(30-3)20(15)23/h4,9-12,16H,1,5-8,13-14H2,2-3H3. The summed E-state index contributed by atoms with van der Waals surface area (Å²) in [6.45, 7) is 4.00. The number of carbonyl (C=O) groups excluding carboxylic acids is 1. The monoisotopic (exact) mass is 447 g/mol. The summed E-state index contributed by atoms with van der Waals surface area (Å²) in [4.78, 5) is 26.7. The van der Waals surface area contributed by atoms with Crippen molar-refractivity contribution in [1.82, 2.24) is 14.7 Å². The summed E-state index contributed by atoms with van der Waals surface area (Å²) in [5.41, 5.74) is 0.631. The van der Waals surface area contributed by atoms with Gasteiger partial charge in [-0.3, -0.25) is 4.79 Å². The number of benzene rings is 1. The first-order valence-electron chi connectivity index (χ1n) is 10.0. The molecule has 31 heavy (non-hydrogen) atoms. The average molecular weight is 448 g/mol. The molecule has 0 aliphatic heterocycles. The summed E-state index contributed by atoms with van der Waals surface area (Å²) < 4.78 is 16.7. The van der Waals surface area contributed by atoms with E-state index in [4.69, 9.17) is 25.5 Å². The molecule has 9 heteroatoms. The zero-order valence-electron chi connectivity index (χ0n) is 17.7. The second-order valence-electron chi connectivity index (χ2n) is 7.17. The van der Waals surface area contributed by atoms with Crippen molar-refractivity contribution in [3.8, 4) is 11.5 Å². The van der Waals surface area contributed by atoms with Crippen molar-refractivity contribution >= 4 is 29.7 Å². The van der Waals surface area contributed by atoms with Gasteiger partial charge in [-0.2, -0.15) is 4.68 Å². The molecule has 1 amide bonds. The lowest BCUT2D eigenvalue weighted by atomic mass is 10.2. The molecule has 1 aliphatic rings. The Morgan fingerprint density at radius 3 is 2.71 bits per heavy atom. The van der Waals surface area contributed by atoms with Crippen molar-refractivity contribution in [1.29, 1.82) is 0 Å². The van der Waals surface area contributed by atoms with Gasteiger partial charge in [0.05, 0.1) is 19.2 Å². The van der Waals surface area contributed by atoms with Crippen molar-refractivity contribution in [3.05, 3.63) is 51.8 Å². The maximum absolute atomic E-state index is 12.8. The van der Waals surface area contributed by atoms with E-state index in [2.05, 4.69) is 11.7 Å². The Morgan fingerprint density at radius 1 is 1.32 bits per heavy atom. The Kier molecular flexibility index (Phi) is 7.57. The number of carbonyl (C=O) groups is 1. The van der Waals surface area contributed by atoms with Gasteiger partial charge >= 0.3 is 5.76 Å². The molecule has 0 radical (unpaired) electrons. The third-order valence-electron chi connectivity index (χ3n) is 5.24. The van der Waals surface area contributed by atoms with Crippen molar-refractivity contribution in [2.45, 2.75) is 38.3 Å². The Morgan fingerprint density at radius 2 is 2.06 bits per heavy atom. The van der Waals surface area contributed by atoms with E-state index in [0.29, 0.717) is 28.6 Å². The van der Waals surface area contributed by atoms with Crippen LogP contribution in [0.3, 0.4) is 0 Å². The first-order valence-corrected chi connectivity index (χ1v) is 10.4. The molecule has 1 aromatic carbocycles. The van der Waals surface area contributed by atoms with Crippen LogP contribution in [0.4, 0.5) is 0 Å². The van der Waals surface area contributed by atoms with Crippen molar-refractivity contribution in [2.75, 3.05) is 20.8 Å². The van der Waals surface area contributed by atoms with Gasteiger partial charge in [0.25, 0.3) is 0 Å². The minimum absolute atomic E-state index is 0.0692. The van der Waals surface area contributed by atoms with Gasteiger partial charge in [0.15, 0.2) is 11.5 Å². The number of nitrogens with zero attached hydrogens (tertiary/aromatic N) is 3. The molecule has 1 heterocycles. The van der Waals surface area contributed by atoms with Gasteiger partial charge in [0.1, 0.15) is 6.54 Å². The van der Waals surface area contributed by atoms with Crippen molar-refractivity contribution in [3.63, 3.8) is 0 Å². The van der Waals surface area contributed by atoms with Crippen molar-refractivity contribution < 1.29 is 18.7 Å². The van der Waals surface area contributed by atoms with Gasteiger partial charge in [0.2, 0.25) is 11.8 Å². The van der Waals surface area contributed by atoms with E-state index in [1.54, 1.807) is 29.2 Å². The quantitative estimate of drug-likeness (QED) is 0.545. The highest BCUT2D eigenvalue weighted by Gasteiger charge is 2.26. The first-order chi connectivity index (χ1) is 15.0. The second kappa shape index (κ2) is 10.3. The van der Waals surface area contributed by atoms with Crippen LogP contribution < -0.4 is 15.2 Å². The fourth-order valence-electron chi connectivity index (χ4n) is 3.71. The summed E-state index contributed by atoms with van der Waals surface area (Å²) in [6, 6.07) is 3.64. The topological polar surface area (TPSA) is 86.8 Å². The number of halogens is 1. The van der Waals surface area contributed by atoms with Gasteiger partial charge in [-0.15, -0.1) is 11.7 Å². The van der Waals surface area contributed by atoms with Crippen LogP contribution in [0.1, 0.15) is 37.1 Å². The molecule has 0 atom stereocenters. The minimum atomic E-state index is -0.698. The molecule has 166 valence electrons. The molecule has 0 unspecified atom stereocenters. The van der Waals surface area contributed by atoms with Crippen molar-refractivity contribution in [2.24, 2.45) is 0 Å². The maximum atomic E-state index is 12.8. The van der Waals surface area contributed by atoms with Crippen LogP contribution >= 0.6 is 11.6 Å². The highest BCUT2D eigenvalue weighted by Crippen LogP contribution is 2.37. The molecule has 0 spiro atoms. The largest absolute Gasteiger partial charge is 0.493 e. The van der Waals surface area contributed by atoms with Gasteiger partial charge in [-0.25, -0.2) is 4.79 Å². The molecule has 3 rings (SSSR count). The number of amides is 1. The summed E-state index contributed by atoms with van der Waals surface area (Å²) in [5, 5.41) is 4.47. The fourth-order valence-corrected chi connectivity index (χ4v) is 4.01. The predicted molar refractivity (Wildman–Crippen MR) is 118 cm³/mol. The van der Waals surface area contributed by atoms with Crippen LogP contribution in [0.2, 0.25) is 5.02 Å². The van der Waals surface area contributed by atoms with Crippen LogP contribution in [0.15, 0.2) is 34.0 Å². The van der Waals surface area contributed by atoms with E-state index in [1.807, 2.05) is 0 Å². The lowest BCUT2D eigenvalue weighted by Crippen LogP contribution is -2.42. The zero-order valence-corrected chi connectivity index (χ0v) is 18.4. The highest BCUT2D eigenvalue weighted by molar-refractivity contribution is 6.33. The molecule has 2 aromatic rings. The summed E-state index contributed by atoms with van der Waals surface area (Å²) >= 11 is 6.36. The molecular weight excluding hydrogens is 422 g/mol. The van der Waals surface area contributed by atoms with Gasteiger partial charge < -0.3 is 18.8 Å². The molecule has 0 bridgehead atoms. The highest BCUT2D eigenvalue weighted by atomic mass is 35.5. The molecule has 1 aromatic heterocycles. The fraction of sp³-hybridized carbons (Fsp3) is 0.409. The Hall–Kier alpha value is -3.00. The van der Waals surface area contributed by atoms with E-state index in [9.17, 15) is 9.59 Å². The van der Waals surface area contributed by atoms with E-state index in [0.717, 1.165) is 30.4 Å². The minimum Gasteiger partial charge on any atom is -0.493 e. The number of ether oxygens (including phenoxy) is 2. The number of rotatable bonds is 9. The first kappa shape index (κ1) is 22.7. The molecule has 8 nitrogen and oxygen atoms in total. The third kappa shape index (κ3) is 5.19. The van der Waals surface area contributed by atoms with Gasteiger partial charge in [-0.1, -0.05) is 30.5 Å². The number of aromatic nitrogens is 2. The molecule has 1 saturated carbocycles. The van der Waals surface area contributed by atoms with E-state index in [-0.39, 0.29) is 24.4 Å².